The van der Waals surface area contributed by atoms with E-state index in [0.717, 1.165) is 13.0 Å². The molecule has 9 nitrogen and oxygen atoms in total. The van der Waals surface area contributed by atoms with Crippen molar-refractivity contribution in [1.29, 1.82) is 0 Å². The first kappa shape index (κ1) is 24.5. The molecule has 1 aromatic rings. The molecule has 10 heteroatoms. The zero-order valence-corrected chi connectivity index (χ0v) is 19.8. The smallest absolute Gasteiger partial charge is 0.243 e. The third kappa shape index (κ3) is 5.99. The van der Waals surface area contributed by atoms with Crippen LogP contribution in [-0.2, 0) is 19.6 Å². The first-order valence-corrected chi connectivity index (χ1v) is 12.7. The number of carbonyl (C=O) groups is 2. The summed E-state index contributed by atoms with van der Waals surface area (Å²) >= 11 is 0. The van der Waals surface area contributed by atoms with E-state index in [2.05, 4.69) is 10.2 Å². The number of benzene rings is 1. The SMILES string of the molecule is CCNC(=O)CN1CCCN(C(=O)C2CCN(S(=O)(=O)c3ccc(OC)cc3)CC2)CC1. The monoisotopic (exact) mass is 466 g/mol. The summed E-state index contributed by atoms with van der Waals surface area (Å²) in [4.78, 5) is 29.1. The van der Waals surface area contributed by atoms with E-state index in [1.54, 1.807) is 24.3 Å². The van der Waals surface area contributed by atoms with Crippen molar-refractivity contribution >= 4 is 21.8 Å². The topological polar surface area (TPSA) is 99.3 Å². The van der Waals surface area contributed by atoms with Gasteiger partial charge in [0.15, 0.2) is 0 Å². The second-order valence-electron chi connectivity index (χ2n) is 8.26. The molecule has 1 N–H and O–H groups in total. The highest BCUT2D eigenvalue weighted by Gasteiger charge is 2.34. The van der Waals surface area contributed by atoms with Crippen LogP contribution in [0.15, 0.2) is 29.2 Å². The van der Waals surface area contributed by atoms with Crippen molar-refractivity contribution in [3.8, 4) is 5.75 Å². The number of carbonyl (C=O) groups excluding carboxylic acids is 2. The molecule has 2 fully saturated rings. The molecule has 1 aromatic carbocycles. The van der Waals surface area contributed by atoms with Gasteiger partial charge in [0.2, 0.25) is 21.8 Å². The number of likely N-dealkylation sites (N-methyl/N-ethyl adjacent to an activating group) is 1. The van der Waals surface area contributed by atoms with E-state index in [1.165, 1.54) is 11.4 Å². The molecule has 0 radical (unpaired) electrons. The van der Waals surface area contributed by atoms with Gasteiger partial charge in [0.25, 0.3) is 0 Å². The molecule has 178 valence electrons. The van der Waals surface area contributed by atoms with Gasteiger partial charge < -0.3 is 15.0 Å². The van der Waals surface area contributed by atoms with Crippen molar-refractivity contribution in [1.82, 2.24) is 19.4 Å². The van der Waals surface area contributed by atoms with Gasteiger partial charge in [-0.25, -0.2) is 8.42 Å². The van der Waals surface area contributed by atoms with Crippen molar-refractivity contribution in [3.05, 3.63) is 24.3 Å². The molecule has 2 amide bonds. The Kier molecular flexibility index (Phi) is 8.50. The average molecular weight is 467 g/mol. The number of ether oxygens (including phenoxy) is 1. The van der Waals surface area contributed by atoms with Crippen LogP contribution in [0.1, 0.15) is 26.2 Å². The fourth-order valence-electron chi connectivity index (χ4n) is 4.30. The standard InChI is InChI=1S/C22H34N4O5S/c1-3-23-21(27)17-24-11-4-12-25(16-15-24)22(28)18-9-13-26(14-10-18)32(29,30)20-7-5-19(31-2)6-8-20/h5-8,18H,3-4,9-17H2,1-2H3,(H,23,27). The molecule has 2 saturated heterocycles. The van der Waals surface area contributed by atoms with Gasteiger partial charge in [-0.1, -0.05) is 0 Å². The first-order chi connectivity index (χ1) is 15.3. The van der Waals surface area contributed by atoms with E-state index in [1.807, 2.05) is 11.8 Å². The summed E-state index contributed by atoms with van der Waals surface area (Å²) in [5, 5.41) is 2.81. The van der Waals surface area contributed by atoms with Gasteiger partial charge in [-0.15, -0.1) is 0 Å². The summed E-state index contributed by atoms with van der Waals surface area (Å²) in [5.41, 5.74) is 0. The number of hydrogen-bond donors (Lipinski definition) is 1. The molecule has 0 atom stereocenters. The molecule has 0 spiro atoms. The molecule has 0 aliphatic carbocycles. The van der Waals surface area contributed by atoms with Crippen LogP contribution < -0.4 is 10.1 Å². The second kappa shape index (κ2) is 11.1. The Morgan fingerprint density at radius 2 is 1.72 bits per heavy atom. The third-order valence-corrected chi connectivity index (χ3v) is 8.05. The largest absolute Gasteiger partial charge is 0.497 e. The average Bonchev–Trinajstić information content (AvgIpc) is 3.04. The van der Waals surface area contributed by atoms with E-state index in [-0.39, 0.29) is 22.6 Å². The Labute approximate surface area is 190 Å². The molecule has 2 heterocycles. The van der Waals surface area contributed by atoms with Crippen LogP contribution in [0.2, 0.25) is 0 Å². The van der Waals surface area contributed by atoms with Crippen LogP contribution in [0.5, 0.6) is 5.75 Å². The molecule has 32 heavy (non-hydrogen) atoms. The Hall–Kier alpha value is -2.17. The van der Waals surface area contributed by atoms with Crippen LogP contribution >= 0.6 is 0 Å². The highest BCUT2D eigenvalue weighted by molar-refractivity contribution is 7.89. The van der Waals surface area contributed by atoms with Crippen LogP contribution in [0.25, 0.3) is 0 Å². The van der Waals surface area contributed by atoms with E-state index >= 15 is 0 Å². The number of sulfonamides is 1. The van der Waals surface area contributed by atoms with Crippen LogP contribution in [0.3, 0.4) is 0 Å². The summed E-state index contributed by atoms with van der Waals surface area (Å²) in [6, 6.07) is 6.37. The number of methoxy groups -OCH3 is 1. The van der Waals surface area contributed by atoms with Gasteiger partial charge in [0.1, 0.15) is 5.75 Å². The highest BCUT2D eigenvalue weighted by atomic mass is 32.2. The van der Waals surface area contributed by atoms with Gasteiger partial charge in [-0.2, -0.15) is 4.31 Å². The van der Waals surface area contributed by atoms with Crippen LogP contribution in [0, 0.1) is 5.92 Å². The summed E-state index contributed by atoms with van der Waals surface area (Å²) in [6.45, 7) is 6.28. The van der Waals surface area contributed by atoms with Crippen molar-refractivity contribution in [3.63, 3.8) is 0 Å². The lowest BCUT2D eigenvalue weighted by atomic mass is 9.96. The van der Waals surface area contributed by atoms with Gasteiger partial charge in [-0.05, 0) is 50.5 Å². The minimum atomic E-state index is -3.58. The molecule has 0 aromatic heterocycles. The molecular weight excluding hydrogens is 432 g/mol. The fraction of sp³-hybridized carbons (Fsp3) is 0.636. The highest BCUT2D eigenvalue weighted by Crippen LogP contribution is 2.26. The van der Waals surface area contributed by atoms with E-state index in [9.17, 15) is 18.0 Å². The maximum Gasteiger partial charge on any atom is 0.243 e. The van der Waals surface area contributed by atoms with E-state index in [0.29, 0.717) is 64.4 Å². The number of piperidine rings is 1. The number of hydrogen-bond acceptors (Lipinski definition) is 6. The van der Waals surface area contributed by atoms with Crippen molar-refractivity contribution in [2.24, 2.45) is 5.92 Å². The lowest BCUT2D eigenvalue weighted by Crippen LogP contribution is -2.45. The predicted octanol–water partition coefficient (Wildman–Crippen LogP) is 0.766. The fourth-order valence-corrected chi connectivity index (χ4v) is 5.77. The second-order valence-corrected chi connectivity index (χ2v) is 10.2. The predicted molar refractivity (Wildman–Crippen MR) is 121 cm³/mol. The van der Waals surface area contributed by atoms with E-state index < -0.39 is 10.0 Å². The summed E-state index contributed by atoms with van der Waals surface area (Å²) in [5.74, 6) is 0.562. The van der Waals surface area contributed by atoms with Crippen molar-refractivity contribution in [2.75, 3.05) is 59.5 Å². The molecule has 0 saturated carbocycles. The maximum absolute atomic E-state index is 13.1. The normalized spacial score (nSPS) is 19.4. The Bertz CT molecular complexity index is 882. The number of nitrogens with zero attached hydrogens (tertiary/aromatic N) is 3. The third-order valence-electron chi connectivity index (χ3n) is 6.14. The first-order valence-electron chi connectivity index (χ1n) is 11.3. The molecule has 3 rings (SSSR count). The molecule has 2 aliphatic heterocycles. The number of amides is 2. The quantitative estimate of drug-likeness (QED) is 0.637. The van der Waals surface area contributed by atoms with Crippen molar-refractivity contribution in [2.45, 2.75) is 31.1 Å². The van der Waals surface area contributed by atoms with Gasteiger partial charge in [0, 0.05) is 51.7 Å². The summed E-state index contributed by atoms with van der Waals surface area (Å²) in [6.07, 6.45) is 1.87. The minimum absolute atomic E-state index is 0.0118. The lowest BCUT2D eigenvalue weighted by Gasteiger charge is -2.33. The lowest BCUT2D eigenvalue weighted by molar-refractivity contribution is -0.136. The van der Waals surface area contributed by atoms with Gasteiger partial charge in [0.05, 0.1) is 18.6 Å². The van der Waals surface area contributed by atoms with Gasteiger partial charge >= 0.3 is 0 Å². The Morgan fingerprint density at radius 1 is 1.03 bits per heavy atom. The van der Waals surface area contributed by atoms with Crippen LogP contribution in [0.4, 0.5) is 0 Å². The number of nitrogens with one attached hydrogen (secondary N) is 1. The van der Waals surface area contributed by atoms with Crippen LogP contribution in [-0.4, -0.2) is 93.8 Å². The van der Waals surface area contributed by atoms with Gasteiger partial charge in [-0.3, -0.25) is 14.5 Å². The zero-order chi connectivity index (χ0) is 23.1. The zero-order valence-electron chi connectivity index (χ0n) is 19.0. The molecule has 0 unspecified atom stereocenters. The molecular formula is C22H34N4O5S. The van der Waals surface area contributed by atoms with E-state index in [4.69, 9.17) is 4.74 Å². The Morgan fingerprint density at radius 3 is 2.34 bits per heavy atom. The summed E-state index contributed by atoms with van der Waals surface area (Å²) in [7, 11) is -2.04. The minimum Gasteiger partial charge on any atom is -0.497 e. The number of rotatable bonds is 7. The Balaban J connectivity index is 1.52. The molecule has 0 bridgehead atoms. The maximum atomic E-state index is 13.1. The summed E-state index contributed by atoms with van der Waals surface area (Å²) < 4.78 is 32.4. The molecule has 2 aliphatic rings. The van der Waals surface area contributed by atoms with Crippen molar-refractivity contribution < 1.29 is 22.7 Å².